The minimum absolute atomic E-state index is 0.0191. The third kappa shape index (κ3) is 3.64. The molecule has 4 heteroatoms. The van der Waals surface area contributed by atoms with Crippen LogP contribution < -0.4 is 9.64 Å². The van der Waals surface area contributed by atoms with E-state index in [0.29, 0.717) is 0 Å². The van der Waals surface area contributed by atoms with Crippen LogP contribution in [0.1, 0.15) is 99.3 Å². The van der Waals surface area contributed by atoms with E-state index in [0.717, 1.165) is 31.4 Å². The highest BCUT2D eigenvalue weighted by Crippen LogP contribution is 2.75. The molecule has 4 nitrogen and oxygen atoms in total. The molecule has 3 aliphatic carbocycles. The van der Waals surface area contributed by atoms with Crippen LogP contribution in [0.3, 0.4) is 0 Å². The maximum atomic E-state index is 7.03. The van der Waals surface area contributed by atoms with Gasteiger partial charge in [-0.1, -0.05) is 91.8 Å². The number of para-hydroxylation sites is 1. The molecule has 7 atom stereocenters. The summed E-state index contributed by atoms with van der Waals surface area (Å²) in [5.74, 6) is 1.64. The molecule has 0 saturated heterocycles. The molecule has 4 aliphatic heterocycles. The molecule has 250 valence electrons. The van der Waals surface area contributed by atoms with Crippen LogP contribution in [0.5, 0.6) is 5.75 Å². The molecule has 0 aromatic heterocycles. The van der Waals surface area contributed by atoms with E-state index < -0.39 is 0 Å². The molecular formula is C46H46N3O+. The molecule has 10 rings (SSSR count). The standard InChI is InChI=1S/C46H46N3O/c1-6-17-29(3)28-38-33-21-11-13-22-35(33)45(4)43(46(45,5)47(38)7-2)41-34-27-26-32-31-20-12-16-25-39(31)50-42(32)40(34)44-48(30-18-9-8-10-19-30)36-23-14-15-24-37(36)49(41)44/h7-13,15-16,18-22,24-28,31,39,41,43-44H,2,6,14,17,23H2,1,3-5H3/q+1/b29-28+/t31?,39-,41?,43?,44?,45?,46?/m0/s1. The Morgan fingerprint density at radius 1 is 1.00 bits per heavy atom. The van der Waals surface area contributed by atoms with Gasteiger partial charge in [0.2, 0.25) is 5.71 Å². The van der Waals surface area contributed by atoms with Gasteiger partial charge in [0.25, 0.3) is 0 Å². The van der Waals surface area contributed by atoms with E-state index in [-0.39, 0.29) is 41.1 Å². The monoisotopic (exact) mass is 656 g/mol. The molecular weight excluding hydrogens is 611 g/mol. The number of hydrogen-bond acceptors (Lipinski definition) is 3. The van der Waals surface area contributed by atoms with Crippen LogP contribution in [0.15, 0.2) is 139 Å². The van der Waals surface area contributed by atoms with Crippen molar-refractivity contribution in [1.29, 1.82) is 0 Å². The van der Waals surface area contributed by atoms with Crippen molar-refractivity contribution in [3.05, 3.63) is 167 Å². The predicted molar refractivity (Wildman–Crippen MR) is 202 cm³/mol. The van der Waals surface area contributed by atoms with Crippen molar-refractivity contribution in [1.82, 2.24) is 4.90 Å². The number of ether oxygens (including phenoxy) is 1. The van der Waals surface area contributed by atoms with Crippen molar-refractivity contribution in [3.63, 3.8) is 0 Å². The number of fused-ring (bicyclic) bond motifs is 11. The fourth-order valence-corrected chi connectivity index (χ4v) is 11.1. The van der Waals surface area contributed by atoms with E-state index in [2.05, 4.69) is 164 Å². The maximum absolute atomic E-state index is 7.03. The largest absolute Gasteiger partial charge is 0.485 e. The van der Waals surface area contributed by atoms with E-state index >= 15 is 0 Å². The van der Waals surface area contributed by atoms with Gasteiger partial charge in [-0.05, 0) is 81.2 Å². The molecule has 4 heterocycles. The van der Waals surface area contributed by atoms with Gasteiger partial charge in [0.05, 0.1) is 28.6 Å². The average Bonchev–Trinajstić information content (AvgIpc) is 3.51. The molecule has 50 heavy (non-hydrogen) atoms. The van der Waals surface area contributed by atoms with E-state index in [9.17, 15) is 0 Å². The van der Waals surface area contributed by atoms with Gasteiger partial charge in [-0.2, -0.15) is 4.58 Å². The number of allylic oxidation sites excluding steroid dienone is 7. The zero-order valence-corrected chi connectivity index (χ0v) is 29.6. The Hall–Kier alpha value is -4.83. The van der Waals surface area contributed by atoms with Crippen LogP contribution in [0.4, 0.5) is 5.69 Å². The van der Waals surface area contributed by atoms with E-state index in [1.54, 1.807) is 0 Å². The third-order valence-electron chi connectivity index (χ3n) is 13.3. The highest BCUT2D eigenvalue weighted by Gasteiger charge is 2.85. The van der Waals surface area contributed by atoms with Gasteiger partial charge in [-0.25, -0.2) is 0 Å². The minimum atomic E-state index is -0.184. The molecule has 1 fully saturated rings. The first kappa shape index (κ1) is 30.0. The van der Waals surface area contributed by atoms with Crippen molar-refractivity contribution in [2.75, 3.05) is 4.90 Å². The Morgan fingerprint density at radius 3 is 2.60 bits per heavy atom. The molecule has 1 saturated carbocycles. The quantitative estimate of drug-likeness (QED) is 0.246. The molecule has 0 amide bonds. The van der Waals surface area contributed by atoms with Crippen molar-refractivity contribution in [2.24, 2.45) is 5.92 Å². The molecule has 7 aliphatic rings. The third-order valence-corrected chi connectivity index (χ3v) is 13.3. The van der Waals surface area contributed by atoms with Crippen molar-refractivity contribution < 1.29 is 9.31 Å². The zero-order chi connectivity index (χ0) is 33.9. The van der Waals surface area contributed by atoms with Crippen LogP contribution in [0.2, 0.25) is 0 Å². The van der Waals surface area contributed by atoms with Crippen LogP contribution in [-0.2, 0) is 5.41 Å². The molecule has 0 bridgehead atoms. The maximum Gasteiger partial charge on any atom is 0.213 e. The average molecular weight is 657 g/mol. The summed E-state index contributed by atoms with van der Waals surface area (Å²) in [6.07, 6.45) is 22.6. The molecule has 0 N–H and O–H groups in total. The Labute approximate surface area is 296 Å². The number of anilines is 1. The lowest BCUT2D eigenvalue weighted by molar-refractivity contribution is -0.522. The minimum Gasteiger partial charge on any atom is -0.485 e. The molecule has 6 unspecified atom stereocenters. The Balaban J connectivity index is 1.23. The molecule has 0 spiro atoms. The highest BCUT2D eigenvalue weighted by molar-refractivity contribution is 6.08. The first-order valence-corrected chi connectivity index (χ1v) is 18.7. The molecule has 0 radical (unpaired) electrons. The number of benzene rings is 3. The van der Waals surface area contributed by atoms with Crippen molar-refractivity contribution in [3.8, 4) is 5.75 Å². The summed E-state index contributed by atoms with van der Waals surface area (Å²) in [5, 5.41) is 0. The lowest BCUT2D eigenvalue weighted by Gasteiger charge is -2.33. The van der Waals surface area contributed by atoms with E-state index in [1.807, 2.05) is 0 Å². The lowest BCUT2D eigenvalue weighted by atomic mass is 9.82. The topological polar surface area (TPSA) is 18.7 Å². The Bertz CT molecular complexity index is 2170. The molecule has 3 aromatic carbocycles. The Kier molecular flexibility index (Phi) is 6.36. The van der Waals surface area contributed by atoms with Crippen LogP contribution in [0.25, 0.3) is 0 Å². The second kappa shape index (κ2) is 10.6. The van der Waals surface area contributed by atoms with Gasteiger partial charge in [-0.15, -0.1) is 0 Å². The van der Waals surface area contributed by atoms with Gasteiger partial charge in [0.1, 0.15) is 18.0 Å². The summed E-state index contributed by atoms with van der Waals surface area (Å²) in [5.41, 5.74) is 13.3. The van der Waals surface area contributed by atoms with Gasteiger partial charge >= 0.3 is 0 Å². The van der Waals surface area contributed by atoms with Gasteiger partial charge in [0.15, 0.2) is 11.7 Å². The number of hydrogen-bond donors (Lipinski definition) is 0. The summed E-state index contributed by atoms with van der Waals surface area (Å²) in [4.78, 5) is 5.46. The Morgan fingerprint density at radius 2 is 1.78 bits per heavy atom. The van der Waals surface area contributed by atoms with E-state index in [4.69, 9.17) is 4.74 Å². The van der Waals surface area contributed by atoms with Crippen molar-refractivity contribution in [2.45, 2.75) is 88.6 Å². The highest BCUT2D eigenvalue weighted by atomic mass is 16.5. The summed E-state index contributed by atoms with van der Waals surface area (Å²) in [7, 11) is 0. The number of rotatable bonds is 6. The summed E-state index contributed by atoms with van der Waals surface area (Å²) in [6.45, 7) is 14.1. The van der Waals surface area contributed by atoms with Gasteiger partial charge < -0.3 is 14.5 Å². The number of nitrogens with zero attached hydrogens (tertiary/aromatic N) is 3. The summed E-state index contributed by atoms with van der Waals surface area (Å²) in [6, 6.07) is 25.3. The summed E-state index contributed by atoms with van der Waals surface area (Å²) >= 11 is 0. The first-order valence-electron chi connectivity index (χ1n) is 18.7. The van der Waals surface area contributed by atoms with Gasteiger partial charge in [0, 0.05) is 41.4 Å². The van der Waals surface area contributed by atoms with Crippen LogP contribution in [0, 0.1) is 5.92 Å². The molecule has 3 aromatic rings. The lowest BCUT2D eigenvalue weighted by Crippen LogP contribution is -2.39. The first-order chi connectivity index (χ1) is 24.4. The van der Waals surface area contributed by atoms with Crippen molar-refractivity contribution >= 4 is 11.4 Å². The fraction of sp³-hybridized carbons (Fsp3) is 0.326. The second-order valence-corrected chi connectivity index (χ2v) is 15.6. The normalized spacial score (nSPS) is 32.2. The van der Waals surface area contributed by atoms with E-state index in [1.165, 1.54) is 56.2 Å². The summed E-state index contributed by atoms with van der Waals surface area (Å²) < 4.78 is 9.59. The van der Waals surface area contributed by atoms with Crippen LogP contribution >= 0.6 is 0 Å². The SMILES string of the molecule is C=C[N+]1=C(/C=C(\C)CCC)c2ccccc2C2(C)C(C3c4ccc5c(c4C4N(c6ccccc6)C6=C(C=CCC6)N34)O[C@H]3C=CC=CC53)C12C. The smallest absolute Gasteiger partial charge is 0.213 e. The van der Waals surface area contributed by atoms with Crippen LogP contribution in [-0.4, -0.2) is 26.8 Å². The van der Waals surface area contributed by atoms with Gasteiger partial charge in [-0.3, -0.25) is 0 Å². The second-order valence-electron chi connectivity index (χ2n) is 15.6. The fourth-order valence-electron chi connectivity index (χ4n) is 11.1. The predicted octanol–water partition coefficient (Wildman–Crippen LogP) is 10.1. The zero-order valence-electron chi connectivity index (χ0n) is 29.6.